The van der Waals surface area contributed by atoms with E-state index in [9.17, 15) is 14.7 Å². The van der Waals surface area contributed by atoms with E-state index in [1.165, 1.54) is 18.2 Å². The molecule has 2 aliphatic heterocycles. The summed E-state index contributed by atoms with van der Waals surface area (Å²) in [7, 11) is 0. The fraction of sp³-hybridized carbons (Fsp3) is 0.222. The Labute approximate surface area is 158 Å². The highest BCUT2D eigenvalue weighted by molar-refractivity contribution is 6.36. The van der Waals surface area contributed by atoms with E-state index >= 15 is 0 Å². The number of nitrogens with one attached hydrogen (secondary N) is 1. The highest BCUT2D eigenvalue weighted by Gasteiger charge is 2.48. The number of carbonyl (C=O) groups excluding carboxylic acids is 2. The maximum Gasteiger partial charge on any atom is 0.261 e. The Morgan fingerprint density at radius 1 is 1.15 bits per heavy atom. The number of ketones is 1. The van der Waals surface area contributed by atoms with E-state index in [-0.39, 0.29) is 10.6 Å². The number of rotatable bonds is 3. The predicted molar refractivity (Wildman–Crippen MR) is 95.4 cm³/mol. The third-order valence-corrected chi connectivity index (χ3v) is 4.89. The van der Waals surface area contributed by atoms with Crippen molar-refractivity contribution in [2.24, 2.45) is 0 Å². The third-order valence-electron chi connectivity index (χ3n) is 4.37. The van der Waals surface area contributed by atoms with E-state index in [2.05, 4.69) is 5.32 Å². The van der Waals surface area contributed by atoms with Crippen LogP contribution in [0, 0.1) is 0 Å². The standard InChI is InChI=1S/C18H13Cl2NO5/c19-10-6-11(20)16-12(7-10)21-17(23)18(16,24)8-13(22)9-1-2-14-15(5-9)26-4-3-25-14/h1-2,5-7,24H,3-4,8H2,(H,21,23). The molecule has 2 aromatic carbocycles. The van der Waals surface area contributed by atoms with Crippen LogP contribution in [0.4, 0.5) is 5.69 Å². The molecule has 0 spiro atoms. The van der Waals surface area contributed by atoms with Gasteiger partial charge in [0.15, 0.2) is 22.9 Å². The molecule has 26 heavy (non-hydrogen) atoms. The molecule has 1 amide bonds. The average molecular weight is 394 g/mol. The molecule has 0 saturated heterocycles. The maximum atomic E-state index is 12.7. The van der Waals surface area contributed by atoms with Gasteiger partial charge in [-0.1, -0.05) is 23.2 Å². The van der Waals surface area contributed by atoms with Gasteiger partial charge >= 0.3 is 0 Å². The minimum absolute atomic E-state index is 0.114. The van der Waals surface area contributed by atoms with Crippen molar-refractivity contribution in [2.75, 3.05) is 18.5 Å². The zero-order valence-corrected chi connectivity index (χ0v) is 14.9. The van der Waals surface area contributed by atoms with Crippen LogP contribution >= 0.6 is 23.2 Å². The first kappa shape index (κ1) is 17.1. The summed E-state index contributed by atoms with van der Waals surface area (Å²) in [5.74, 6) is -0.149. The van der Waals surface area contributed by atoms with E-state index in [1.54, 1.807) is 12.1 Å². The third kappa shape index (κ3) is 2.70. The molecule has 1 atom stereocenters. The number of aliphatic hydroxyl groups is 1. The minimum Gasteiger partial charge on any atom is -0.486 e. The molecule has 4 rings (SSSR count). The van der Waals surface area contributed by atoms with Crippen molar-refractivity contribution in [1.82, 2.24) is 0 Å². The molecule has 6 nitrogen and oxygen atoms in total. The second kappa shape index (κ2) is 6.16. The van der Waals surface area contributed by atoms with Crippen molar-refractivity contribution in [1.29, 1.82) is 0 Å². The summed E-state index contributed by atoms with van der Waals surface area (Å²) >= 11 is 12.1. The van der Waals surface area contributed by atoms with Gasteiger partial charge in [0, 0.05) is 16.1 Å². The van der Waals surface area contributed by atoms with Gasteiger partial charge in [0.2, 0.25) is 0 Å². The molecule has 2 aromatic rings. The summed E-state index contributed by atoms with van der Waals surface area (Å²) in [6, 6.07) is 7.63. The van der Waals surface area contributed by atoms with Crippen molar-refractivity contribution in [2.45, 2.75) is 12.0 Å². The van der Waals surface area contributed by atoms with Gasteiger partial charge in [0.05, 0.1) is 17.1 Å². The number of fused-ring (bicyclic) bond motifs is 2. The van der Waals surface area contributed by atoms with Gasteiger partial charge in [-0.15, -0.1) is 0 Å². The lowest BCUT2D eigenvalue weighted by Crippen LogP contribution is -2.36. The highest BCUT2D eigenvalue weighted by atomic mass is 35.5. The second-order valence-corrected chi connectivity index (χ2v) is 6.93. The Kier molecular flexibility index (Phi) is 4.06. The van der Waals surface area contributed by atoms with E-state index in [0.29, 0.717) is 41.0 Å². The summed E-state index contributed by atoms with van der Waals surface area (Å²) in [6.07, 6.45) is -0.465. The lowest BCUT2D eigenvalue weighted by Gasteiger charge is -2.22. The molecule has 8 heteroatoms. The molecule has 2 N–H and O–H groups in total. The van der Waals surface area contributed by atoms with Crippen molar-refractivity contribution < 1.29 is 24.2 Å². The van der Waals surface area contributed by atoms with Gasteiger partial charge in [-0.3, -0.25) is 9.59 Å². The molecule has 0 fully saturated rings. The summed E-state index contributed by atoms with van der Waals surface area (Å²) in [5.41, 5.74) is -1.32. The van der Waals surface area contributed by atoms with Crippen LogP contribution in [-0.4, -0.2) is 30.0 Å². The van der Waals surface area contributed by atoms with E-state index in [1.807, 2.05) is 0 Å². The van der Waals surface area contributed by atoms with Crippen LogP contribution in [0.5, 0.6) is 11.5 Å². The van der Waals surface area contributed by atoms with Crippen LogP contribution in [0.3, 0.4) is 0 Å². The fourth-order valence-electron chi connectivity index (χ4n) is 3.15. The van der Waals surface area contributed by atoms with Crippen LogP contribution in [0.2, 0.25) is 10.0 Å². The molecule has 1 unspecified atom stereocenters. The van der Waals surface area contributed by atoms with Gasteiger partial charge in [-0.25, -0.2) is 0 Å². The lowest BCUT2D eigenvalue weighted by atomic mass is 9.88. The first-order valence-electron chi connectivity index (χ1n) is 7.85. The van der Waals surface area contributed by atoms with Crippen LogP contribution in [-0.2, 0) is 10.4 Å². The molecule has 2 aliphatic rings. The molecule has 0 aliphatic carbocycles. The molecule has 134 valence electrons. The van der Waals surface area contributed by atoms with Gasteiger partial charge in [-0.2, -0.15) is 0 Å². The number of anilines is 1. The van der Waals surface area contributed by atoms with E-state index in [4.69, 9.17) is 32.7 Å². The lowest BCUT2D eigenvalue weighted by molar-refractivity contribution is -0.133. The highest BCUT2D eigenvalue weighted by Crippen LogP contribution is 2.45. The largest absolute Gasteiger partial charge is 0.486 e. The quantitative estimate of drug-likeness (QED) is 0.782. The summed E-state index contributed by atoms with van der Waals surface area (Å²) in [4.78, 5) is 25.1. The second-order valence-electron chi connectivity index (χ2n) is 6.08. The van der Waals surface area contributed by atoms with Crippen molar-refractivity contribution in [3.8, 4) is 11.5 Å². The van der Waals surface area contributed by atoms with Crippen molar-refractivity contribution >= 4 is 40.6 Å². The van der Waals surface area contributed by atoms with Crippen LogP contribution < -0.4 is 14.8 Å². The van der Waals surface area contributed by atoms with Crippen LogP contribution in [0.1, 0.15) is 22.3 Å². The molecule has 0 bridgehead atoms. The monoisotopic (exact) mass is 393 g/mol. The molecule has 2 heterocycles. The number of halogens is 2. The molecule has 0 aromatic heterocycles. The first-order valence-corrected chi connectivity index (χ1v) is 8.60. The van der Waals surface area contributed by atoms with E-state index < -0.39 is 23.7 Å². The van der Waals surface area contributed by atoms with Crippen LogP contribution in [0.25, 0.3) is 0 Å². The van der Waals surface area contributed by atoms with Gasteiger partial charge in [0.25, 0.3) is 5.91 Å². The predicted octanol–water partition coefficient (Wildman–Crippen LogP) is 3.18. The minimum atomic E-state index is -2.07. The number of hydrogen-bond donors (Lipinski definition) is 2. The van der Waals surface area contributed by atoms with Crippen LogP contribution in [0.15, 0.2) is 30.3 Å². The Balaban J connectivity index is 1.67. The number of hydrogen-bond acceptors (Lipinski definition) is 5. The molecular formula is C18H13Cl2NO5. The fourth-order valence-corrected chi connectivity index (χ4v) is 3.80. The number of benzene rings is 2. The number of Topliss-reactive ketones (excluding diaryl/α,β-unsaturated/α-hetero) is 1. The Morgan fingerprint density at radius 3 is 2.65 bits per heavy atom. The Hall–Kier alpha value is -2.28. The van der Waals surface area contributed by atoms with Crippen molar-refractivity contribution in [3.05, 3.63) is 51.5 Å². The topological polar surface area (TPSA) is 84.9 Å². The summed E-state index contributed by atoms with van der Waals surface area (Å²) < 4.78 is 10.9. The SMILES string of the molecule is O=C(CC1(O)C(=O)Nc2cc(Cl)cc(Cl)c21)c1ccc2c(c1)OCCO2. The number of carbonyl (C=O) groups is 2. The molecule has 0 saturated carbocycles. The smallest absolute Gasteiger partial charge is 0.261 e. The van der Waals surface area contributed by atoms with Gasteiger partial charge in [0.1, 0.15) is 13.2 Å². The zero-order chi connectivity index (χ0) is 18.5. The Bertz CT molecular complexity index is 945. The maximum absolute atomic E-state index is 12.7. The van der Waals surface area contributed by atoms with Gasteiger partial charge in [-0.05, 0) is 30.3 Å². The molecule has 0 radical (unpaired) electrons. The number of amides is 1. The van der Waals surface area contributed by atoms with E-state index in [0.717, 1.165) is 0 Å². The van der Waals surface area contributed by atoms with Gasteiger partial charge < -0.3 is 19.9 Å². The average Bonchev–Trinajstić information content (AvgIpc) is 2.84. The number of ether oxygens (including phenoxy) is 2. The Morgan fingerprint density at radius 2 is 1.88 bits per heavy atom. The summed E-state index contributed by atoms with van der Waals surface area (Å²) in [6.45, 7) is 0.832. The molecular weight excluding hydrogens is 381 g/mol. The first-order chi connectivity index (χ1) is 12.4. The van der Waals surface area contributed by atoms with Crippen molar-refractivity contribution in [3.63, 3.8) is 0 Å². The normalized spacial score (nSPS) is 20.5. The summed E-state index contributed by atoms with van der Waals surface area (Å²) in [5, 5.41) is 13.9. The zero-order valence-electron chi connectivity index (χ0n) is 13.3.